The Morgan fingerprint density at radius 2 is 1.67 bits per heavy atom. The number of amides is 1. The van der Waals surface area contributed by atoms with Crippen molar-refractivity contribution in [2.24, 2.45) is 11.3 Å². The molecule has 3 aliphatic rings. The fourth-order valence-corrected chi connectivity index (χ4v) is 5.40. The molecule has 0 N–H and O–H groups in total. The second kappa shape index (κ2) is 7.21. The smallest absolute Gasteiger partial charge is 0.226 e. The largest absolute Gasteiger partial charge is 0.372 e. The van der Waals surface area contributed by atoms with E-state index in [1.165, 1.54) is 29.5 Å². The van der Waals surface area contributed by atoms with Crippen LogP contribution in [0.15, 0.2) is 18.2 Å². The molecular weight excluding hydrogens is 336 g/mol. The number of likely N-dealkylation sites (tertiary alicyclic amines) is 1. The van der Waals surface area contributed by atoms with Gasteiger partial charge in [-0.2, -0.15) is 0 Å². The van der Waals surface area contributed by atoms with Crippen LogP contribution in [0.1, 0.15) is 49.8 Å². The quantitative estimate of drug-likeness (QED) is 0.816. The maximum Gasteiger partial charge on any atom is 0.226 e. The van der Waals surface area contributed by atoms with E-state index in [0.29, 0.717) is 11.3 Å². The lowest BCUT2D eigenvalue weighted by Gasteiger charge is -2.37. The average molecular weight is 371 g/mol. The predicted molar refractivity (Wildman–Crippen MR) is 108 cm³/mol. The minimum Gasteiger partial charge on any atom is -0.372 e. The van der Waals surface area contributed by atoms with E-state index < -0.39 is 0 Å². The highest BCUT2D eigenvalue weighted by atomic mass is 16.5. The molecule has 2 saturated heterocycles. The van der Waals surface area contributed by atoms with Crippen LogP contribution >= 0.6 is 0 Å². The molecule has 148 valence electrons. The van der Waals surface area contributed by atoms with Gasteiger partial charge in [-0.05, 0) is 71.0 Å². The van der Waals surface area contributed by atoms with E-state index in [2.05, 4.69) is 55.7 Å². The van der Waals surface area contributed by atoms with Crippen molar-refractivity contribution in [2.75, 3.05) is 26.2 Å². The zero-order chi connectivity index (χ0) is 19.2. The molecule has 0 bridgehead atoms. The highest BCUT2D eigenvalue weighted by Gasteiger charge is 2.59. The summed E-state index contributed by atoms with van der Waals surface area (Å²) in [5.74, 6) is 0.651. The van der Waals surface area contributed by atoms with Gasteiger partial charge in [-0.25, -0.2) is 0 Å². The molecule has 4 nitrogen and oxygen atoms in total. The second-order valence-corrected chi connectivity index (χ2v) is 9.39. The van der Waals surface area contributed by atoms with E-state index in [1.807, 2.05) is 0 Å². The van der Waals surface area contributed by atoms with Gasteiger partial charge in [-0.15, -0.1) is 0 Å². The molecule has 1 saturated carbocycles. The summed E-state index contributed by atoms with van der Waals surface area (Å²) in [7, 11) is 0. The summed E-state index contributed by atoms with van der Waals surface area (Å²) in [4.78, 5) is 17.7. The molecule has 4 heteroatoms. The molecule has 27 heavy (non-hydrogen) atoms. The standard InChI is InChI=1S/C23H34N2O2/c1-16-9-17(2)11-20(10-16)15-24-7-5-23(6-8-24)12-21(23)22(26)25-13-18(3)27-19(4)14-25/h9-11,18-19,21H,5-8,12-15H2,1-4H3/t18-,19+,21?. The van der Waals surface area contributed by atoms with Crippen LogP contribution in [0.4, 0.5) is 0 Å². The zero-order valence-corrected chi connectivity index (χ0v) is 17.3. The summed E-state index contributed by atoms with van der Waals surface area (Å²) >= 11 is 0. The van der Waals surface area contributed by atoms with Crippen LogP contribution in [0, 0.1) is 25.2 Å². The van der Waals surface area contributed by atoms with Crippen LogP contribution in [0.5, 0.6) is 0 Å². The van der Waals surface area contributed by atoms with E-state index in [-0.39, 0.29) is 18.1 Å². The number of hydrogen-bond acceptors (Lipinski definition) is 3. The van der Waals surface area contributed by atoms with Crippen molar-refractivity contribution in [1.29, 1.82) is 0 Å². The molecule has 2 aliphatic heterocycles. The number of morpholine rings is 1. The first-order valence-electron chi connectivity index (χ1n) is 10.6. The van der Waals surface area contributed by atoms with Gasteiger partial charge in [0.05, 0.1) is 12.2 Å². The summed E-state index contributed by atoms with van der Waals surface area (Å²) in [6, 6.07) is 6.85. The monoisotopic (exact) mass is 370 g/mol. The van der Waals surface area contributed by atoms with Crippen LogP contribution in [-0.4, -0.2) is 54.1 Å². The molecule has 1 aromatic rings. The highest BCUT2D eigenvalue weighted by molar-refractivity contribution is 5.83. The summed E-state index contributed by atoms with van der Waals surface area (Å²) in [5, 5.41) is 0. The van der Waals surface area contributed by atoms with Gasteiger partial charge in [-0.1, -0.05) is 29.3 Å². The molecule has 0 radical (unpaired) electrons. The molecular formula is C23H34N2O2. The van der Waals surface area contributed by atoms with Crippen molar-refractivity contribution in [3.05, 3.63) is 34.9 Å². The summed E-state index contributed by atoms with van der Waals surface area (Å²) < 4.78 is 5.79. The fraction of sp³-hybridized carbons (Fsp3) is 0.696. The van der Waals surface area contributed by atoms with Gasteiger partial charge in [0.15, 0.2) is 0 Å². The van der Waals surface area contributed by atoms with Gasteiger partial charge < -0.3 is 9.64 Å². The maximum absolute atomic E-state index is 13.0. The molecule has 1 spiro atoms. The molecule has 4 rings (SSSR count). The van der Waals surface area contributed by atoms with Crippen LogP contribution in [0.3, 0.4) is 0 Å². The molecule has 2 heterocycles. The molecule has 1 aromatic carbocycles. The topological polar surface area (TPSA) is 32.8 Å². The predicted octanol–water partition coefficient (Wildman–Crippen LogP) is 3.54. The third-order valence-corrected chi connectivity index (χ3v) is 6.76. The van der Waals surface area contributed by atoms with Crippen molar-refractivity contribution in [3.63, 3.8) is 0 Å². The van der Waals surface area contributed by atoms with E-state index in [4.69, 9.17) is 4.74 Å². The number of aryl methyl sites for hydroxylation is 2. The van der Waals surface area contributed by atoms with Gasteiger partial charge >= 0.3 is 0 Å². The fourth-order valence-electron chi connectivity index (χ4n) is 5.40. The van der Waals surface area contributed by atoms with E-state index >= 15 is 0 Å². The summed E-state index contributed by atoms with van der Waals surface area (Å²) in [6.45, 7) is 13.3. The average Bonchev–Trinajstić information content (AvgIpc) is 3.28. The Labute approximate surface area is 163 Å². The molecule has 1 amide bonds. The van der Waals surface area contributed by atoms with Crippen molar-refractivity contribution in [1.82, 2.24) is 9.80 Å². The van der Waals surface area contributed by atoms with Gasteiger partial charge in [0.25, 0.3) is 0 Å². The Hall–Kier alpha value is -1.39. The lowest BCUT2D eigenvalue weighted by molar-refractivity contribution is -0.145. The minimum absolute atomic E-state index is 0.159. The number of benzene rings is 1. The Morgan fingerprint density at radius 3 is 2.26 bits per heavy atom. The number of carbonyl (C=O) groups excluding carboxylic acids is 1. The first-order chi connectivity index (χ1) is 12.8. The Bertz CT molecular complexity index is 678. The third-order valence-electron chi connectivity index (χ3n) is 6.76. The van der Waals surface area contributed by atoms with Gasteiger partial charge in [0, 0.05) is 25.6 Å². The molecule has 0 aromatic heterocycles. The van der Waals surface area contributed by atoms with Crippen molar-refractivity contribution in [3.8, 4) is 0 Å². The number of carbonyl (C=O) groups is 1. The number of ether oxygens (including phenoxy) is 1. The number of rotatable bonds is 3. The lowest BCUT2D eigenvalue weighted by Crippen LogP contribution is -2.49. The van der Waals surface area contributed by atoms with Crippen LogP contribution in [-0.2, 0) is 16.1 Å². The molecule has 1 aliphatic carbocycles. The Kier molecular flexibility index (Phi) is 5.06. The maximum atomic E-state index is 13.0. The normalized spacial score (nSPS) is 30.5. The summed E-state index contributed by atoms with van der Waals surface area (Å²) in [5.41, 5.74) is 4.41. The van der Waals surface area contributed by atoms with Crippen LogP contribution in [0.25, 0.3) is 0 Å². The van der Waals surface area contributed by atoms with Gasteiger partial charge in [-0.3, -0.25) is 9.69 Å². The summed E-state index contributed by atoms with van der Waals surface area (Å²) in [6.07, 6.45) is 3.76. The second-order valence-electron chi connectivity index (χ2n) is 9.39. The number of piperidine rings is 1. The third kappa shape index (κ3) is 4.07. The van der Waals surface area contributed by atoms with Crippen LogP contribution < -0.4 is 0 Å². The molecule has 1 unspecified atom stereocenters. The van der Waals surface area contributed by atoms with Gasteiger partial charge in [0.1, 0.15) is 0 Å². The zero-order valence-electron chi connectivity index (χ0n) is 17.3. The van der Waals surface area contributed by atoms with E-state index in [0.717, 1.165) is 39.1 Å². The lowest BCUT2D eigenvalue weighted by atomic mass is 9.90. The number of hydrogen-bond donors (Lipinski definition) is 0. The van der Waals surface area contributed by atoms with Gasteiger partial charge in [0.2, 0.25) is 5.91 Å². The van der Waals surface area contributed by atoms with E-state index in [1.54, 1.807) is 0 Å². The van der Waals surface area contributed by atoms with E-state index in [9.17, 15) is 4.79 Å². The molecule has 3 fully saturated rings. The highest BCUT2D eigenvalue weighted by Crippen LogP contribution is 2.60. The minimum atomic E-state index is 0.159. The number of nitrogens with zero attached hydrogens (tertiary/aromatic N) is 2. The Morgan fingerprint density at radius 1 is 1.07 bits per heavy atom. The van der Waals surface area contributed by atoms with Crippen molar-refractivity contribution in [2.45, 2.75) is 65.7 Å². The van der Waals surface area contributed by atoms with Crippen LogP contribution in [0.2, 0.25) is 0 Å². The molecule has 3 atom stereocenters. The van der Waals surface area contributed by atoms with Crippen molar-refractivity contribution >= 4 is 5.91 Å². The van der Waals surface area contributed by atoms with Crippen molar-refractivity contribution < 1.29 is 9.53 Å². The first-order valence-corrected chi connectivity index (χ1v) is 10.6. The Balaban J connectivity index is 1.31. The first kappa shape index (κ1) is 18.9. The SMILES string of the molecule is Cc1cc(C)cc(CN2CCC3(CC2)CC3C(=O)N2C[C@@H](C)O[C@@H](C)C2)c1.